The van der Waals surface area contributed by atoms with Crippen LogP contribution >= 0.6 is 11.3 Å². The molecule has 2 aliphatic rings. The molecule has 0 saturated carbocycles. The third-order valence-corrected chi connectivity index (χ3v) is 5.47. The van der Waals surface area contributed by atoms with E-state index >= 15 is 0 Å². The molecule has 0 aromatic carbocycles. The molecule has 3 amide bonds. The van der Waals surface area contributed by atoms with Crippen molar-refractivity contribution in [2.45, 2.75) is 44.8 Å². The molecule has 2 saturated heterocycles. The molecule has 6 nitrogen and oxygen atoms in total. The maximum Gasteiger partial charge on any atom is 0.317 e. The van der Waals surface area contributed by atoms with Crippen LogP contribution in [-0.2, 0) is 16.1 Å². The lowest BCUT2D eigenvalue weighted by Crippen LogP contribution is -2.44. The van der Waals surface area contributed by atoms with E-state index in [0.29, 0.717) is 26.1 Å². The number of hydrogen-bond donors (Lipinski definition) is 1. The number of hydrogen-bond acceptors (Lipinski definition) is 4. The minimum absolute atomic E-state index is 0.0468. The zero-order valence-corrected chi connectivity index (χ0v) is 15.4. The molecule has 0 aliphatic carbocycles. The molecular weight excluding hydrogens is 338 g/mol. The van der Waals surface area contributed by atoms with E-state index in [2.05, 4.69) is 16.8 Å². The summed E-state index contributed by atoms with van der Waals surface area (Å²) in [5.41, 5.74) is 1.15. The highest BCUT2D eigenvalue weighted by atomic mass is 32.1. The predicted octanol–water partition coefficient (Wildman–Crippen LogP) is 2.45. The number of rotatable bonds is 8. The van der Waals surface area contributed by atoms with Gasteiger partial charge in [0.1, 0.15) is 0 Å². The summed E-state index contributed by atoms with van der Waals surface area (Å²) in [7, 11) is 0. The van der Waals surface area contributed by atoms with Crippen LogP contribution in [0.1, 0.15) is 37.7 Å². The fourth-order valence-electron chi connectivity index (χ4n) is 3.37. The van der Waals surface area contributed by atoms with E-state index in [-0.39, 0.29) is 18.0 Å². The number of likely N-dealkylation sites (tertiary alicyclic amines) is 1. The Kier molecular flexibility index (Phi) is 6.69. The molecule has 7 heteroatoms. The van der Waals surface area contributed by atoms with Crippen molar-refractivity contribution < 1.29 is 14.3 Å². The molecule has 0 radical (unpaired) electrons. The second-order valence-electron chi connectivity index (χ2n) is 6.72. The Morgan fingerprint density at radius 2 is 2.36 bits per heavy atom. The lowest BCUT2D eigenvalue weighted by Gasteiger charge is -2.25. The minimum atomic E-state index is -0.0468. The van der Waals surface area contributed by atoms with Gasteiger partial charge in [-0.1, -0.05) is 0 Å². The van der Waals surface area contributed by atoms with E-state index in [1.165, 1.54) is 0 Å². The maximum atomic E-state index is 12.6. The first-order valence-electron chi connectivity index (χ1n) is 9.15. The number of carbonyl (C=O) groups is 2. The summed E-state index contributed by atoms with van der Waals surface area (Å²) in [6.07, 6.45) is 4.66. The van der Waals surface area contributed by atoms with Crippen LogP contribution in [0.4, 0.5) is 4.79 Å². The van der Waals surface area contributed by atoms with Crippen LogP contribution in [0, 0.1) is 0 Å². The second-order valence-corrected chi connectivity index (χ2v) is 7.50. The average molecular weight is 365 g/mol. The van der Waals surface area contributed by atoms with Crippen molar-refractivity contribution in [3.05, 3.63) is 22.4 Å². The van der Waals surface area contributed by atoms with Gasteiger partial charge < -0.3 is 19.9 Å². The quantitative estimate of drug-likeness (QED) is 0.720. The molecule has 1 aromatic heterocycles. The van der Waals surface area contributed by atoms with Gasteiger partial charge in [0.2, 0.25) is 5.91 Å². The molecule has 25 heavy (non-hydrogen) atoms. The summed E-state index contributed by atoms with van der Waals surface area (Å²) in [6, 6.07) is 2.01. The largest absolute Gasteiger partial charge is 0.376 e. The number of carbonyl (C=O) groups excluding carboxylic acids is 2. The zero-order chi connectivity index (χ0) is 17.5. The minimum Gasteiger partial charge on any atom is -0.376 e. The molecule has 2 fully saturated rings. The molecule has 138 valence electrons. The molecule has 3 heterocycles. The van der Waals surface area contributed by atoms with Crippen molar-refractivity contribution in [2.24, 2.45) is 0 Å². The first-order chi connectivity index (χ1) is 12.2. The Bertz CT molecular complexity index is 558. The van der Waals surface area contributed by atoms with Gasteiger partial charge in [0, 0.05) is 45.8 Å². The van der Waals surface area contributed by atoms with Gasteiger partial charge in [0.15, 0.2) is 0 Å². The van der Waals surface area contributed by atoms with Gasteiger partial charge in [0.25, 0.3) is 0 Å². The van der Waals surface area contributed by atoms with Crippen molar-refractivity contribution >= 4 is 23.3 Å². The van der Waals surface area contributed by atoms with E-state index in [1.54, 1.807) is 11.3 Å². The van der Waals surface area contributed by atoms with Crippen molar-refractivity contribution in [1.82, 2.24) is 15.1 Å². The highest BCUT2D eigenvalue weighted by Crippen LogP contribution is 2.16. The van der Waals surface area contributed by atoms with Crippen molar-refractivity contribution in [2.75, 3.05) is 32.8 Å². The number of ether oxygens (including phenoxy) is 1. The van der Waals surface area contributed by atoms with Gasteiger partial charge >= 0.3 is 6.03 Å². The number of nitrogens with zero attached hydrogens (tertiary/aromatic N) is 2. The number of thiophene rings is 1. The number of urea groups is 1. The van der Waals surface area contributed by atoms with Crippen molar-refractivity contribution in [1.29, 1.82) is 0 Å². The smallest absolute Gasteiger partial charge is 0.317 e. The van der Waals surface area contributed by atoms with Crippen LogP contribution in [0.15, 0.2) is 16.8 Å². The molecule has 1 aromatic rings. The van der Waals surface area contributed by atoms with E-state index in [0.717, 1.165) is 50.9 Å². The molecule has 1 N–H and O–H groups in total. The van der Waals surface area contributed by atoms with E-state index in [4.69, 9.17) is 4.74 Å². The Hall–Kier alpha value is -1.60. The summed E-state index contributed by atoms with van der Waals surface area (Å²) in [5, 5.41) is 7.12. The molecule has 1 atom stereocenters. The fourth-order valence-corrected chi connectivity index (χ4v) is 4.03. The Balaban J connectivity index is 1.44. The summed E-state index contributed by atoms with van der Waals surface area (Å²) in [6.45, 7) is 4.22. The SMILES string of the molecule is O=C1CCCN1CCCNC(=O)N(Cc1ccsc1)C[C@H]1CCCO1. The second kappa shape index (κ2) is 9.20. The topological polar surface area (TPSA) is 61.9 Å². The third kappa shape index (κ3) is 5.44. The van der Waals surface area contributed by atoms with Crippen LogP contribution in [0.25, 0.3) is 0 Å². The van der Waals surface area contributed by atoms with Gasteiger partial charge in [-0.25, -0.2) is 4.79 Å². The number of nitrogens with one attached hydrogen (secondary N) is 1. The molecule has 0 spiro atoms. The van der Waals surface area contributed by atoms with Crippen molar-refractivity contribution in [3.63, 3.8) is 0 Å². The normalized spacial score (nSPS) is 20.2. The Labute approximate surface area is 153 Å². The standard InChI is InChI=1S/C18H27N3O3S/c22-17-5-1-8-20(17)9-3-7-19-18(23)21(12-15-6-11-25-14-15)13-16-4-2-10-24-16/h6,11,14,16H,1-5,7-10,12-13H2,(H,19,23)/t16-/m1/s1. The Morgan fingerprint density at radius 1 is 1.44 bits per heavy atom. The van der Waals surface area contributed by atoms with Crippen molar-refractivity contribution in [3.8, 4) is 0 Å². The average Bonchev–Trinajstić information content (AvgIpc) is 3.35. The van der Waals surface area contributed by atoms with Gasteiger partial charge in [-0.3, -0.25) is 4.79 Å². The highest BCUT2D eigenvalue weighted by Gasteiger charge is 2.23. The molecule has 0 unspecified atom stereocenters. The highest BCUT2D eigenvalue weighted by molar-refractivity contribution is 7.07. The first-order valence-corrected chi connectivity index (χ1v) is 10.1. The summed E-state index contributed by atoms with van der Waals surface area (Å²) in [5.74, 6) is 0.240. The summed E-state index contributed by atoms with van der Waals surface area (Å²) in [4.78, 5) is 27.9. The summed E-state index contributed by atoms with van der Waals surface area (Å²) >= 11 is 1.64. The fraction of sp³-hybridized carbons (Fsp3) is 0.667. The monoisotopic (exact) mass is 365 g/mol. The molecule has 3 rings (SSSR count). The van der Waals surface area contributed by atoms with Crippen LogP contribution < -0.4 is 5.32 Å². The predicted molar refractivity (Wildman–Crippen MR) is 97.5 cm³/mol. The van der Waals surface area contributed by atoms with E-state index < -0.39 is 0 Å². The van der Waals surface area contributed by atoms with E-state index in [1.807, 2.05) is 15.2 Å². The van der Waals surface area contributed by atoms with Crippen LogP contribution in [0.3, 0.4) is 0 Å². The number of amides is 3. The van der Waals surface area contributed by atoms with Crippen LogP contribution in [0.2, 0.25) is 0 Å². The molecule has 0 bridgehead atoms. The Morgan fingerprint density at radius 3 is 3.04 bits per heavy atom. The van der Waals surface area contributed by atoms with E-state index in [9.17, 15) is 9.59 Å². The first kappa shape index (κ1) is 18.2. The third-order valence-electron chi connectivity index (χ3n) is 4.74. The van der Waals surface area contributed by atoms with Gasteiger partial charge in [0.05, 0.1) is 6.10 Å². The maximum absolute atomic E-state index is 12.6. The molecular formula is C18H27N3O3S. The lowest BCUT2D eigenvalue weighted by molar-refractivity contribution is -0.127. The zero-order valence-electron chi connectivity index (χ0n) is 14.6. The van der Waals surface area contributed by atoms with Gasteiger partial charge in [-0.2, -0.15) is 11.3 Å². The lowest BCUT2D eigenvalue weighted by atomic mass is 10.2. The van der Waals surface area contributed by atoms with Crippen LogP contribution in [0.5, 0.6) is 0 Å². The molecule has 2 aliphatic heterocycles. The van der Waals surface area contributed by atoms with Crippen LogP contribution in [-0.4, -0.2) is 60.6 Å². The summed E-state index contributed by atoms with van der Waals surface area (Å²) < 4.78 is 5.69. The van der Waals surface area contributed by atoms with Gasteiger partial charge in [-0.05, 0) is 48.1 Å². The van der Waals surface area contributed by atoms with Gasteiger partial charge in [-0.15, -0.1) is 0 Å².